The zero-order valence-corrected chi connectivity index (χ0v) is 16.3. The third-order valence-corrected chi connectivity index (χ3v) is 5.27. The Kier molecular flexibility index (Phi) is 4.52. The molecule has 142 valence electrons. The van der Waals surface area contributed by atoms with Crippen molar-refractivity contribution in [3.05, 3.63) is 57.9 Å². The Morgan fingerprint density at radius 3 is 2.89 bits per heavy atom. The molecule has 1 amide bonds. The molecular formula is C22H22N4O2. The highest BCUT2D eigenvalue weighted by molar-refractivity contribution is 5.98. The predicted molar refractivity (Wildman–Crippen MR) is 107 cm³/mol. The van der Waals surface area contributed by atoms with E-state index in [1.165, 1.54) is 0 Å². The van der Waals surface area contributed by atoms with Gasteiger partial charge in [0.25, 0.3) is 5.91 Å². The first-order valence-electron chi connectivity index (χ1n) is 9.38. The van der Waals surface area contributed by atoms with Crippen LogP contribution < -0.4 is 10.1 Å². The first kappa shape index (κ1) is 18.1. The van der Waals surface area contributed by atoms with E-state index in [1.54, 1.807) is 19.1 Å². The highest BCUT2D eigenvalue weighted by Crippen LogP contribution is 2.35. The number of nitriles is 1. The average molecular weight is 374 g/mol. The SMILES string of the molecule is CCNc1cc(Cc2cc3c(cc2OC)CN(C)C3=O)nc2c1C(C#N)=CC2. The van der Waals surface area contributed by atoms with Crippen LogP contribution in [-0.4, -0.2) is 36.5 Å². The lowest BCUT2D eigenvalue weighted by molar-refractivity contribution is 0.0816. The van der Waals surface area contributed by atoms with E-state index in [1.807, 2.05) is 31.2 Å². The van der Waals surface area contributed by atoms with Gasteiger partial charge >= 0.3 is 0 Å². The van der Waals surface area contributed by atoms with E-state index in [-0.39, 0.29) is 5.91 Å². The first-order chi connectivity index (χ1) is 13.5. The van der Waals surface area contributed by atoms with Crippen LogP contribution in [0.3, 0.4) is 0 Å². The van der Waals surface area contributed by atoms with Gasteiger partial charge in [-0.3, -0.25) is 9.78 Å². The second-order valence-electron chi connectivity index (χ2n) is 7.11. The Morgan fingerprint density at radius 2 is 2.18 bits per heavy atom. The van der Waals surface area contributed by atoms with E-state index in [4.69, 9.17) is 9.72 Å². The molecule has 0 spiro atoms. The smallest absolute Gasteiger partial charge is 0.254 e. The van der Waals surface area contributed by atoms with Crippen molar-refractivity contribution in [3.8, 4) is 11.8 Å². The number of allylic oxidation sites excluding steroid dienone is 2. The van der Waals surface area contributed by atoms with Gasteiger partial charge in [-0.05, 0) is 30.7 Å². The van der Waals surface area contributed by atoms with Crippen molar-refractivity contribution in [2.75, 3.05) is 26.0 Å². The number of rotatable bonds is 5. The minimum Gasteiger partial charge on any atom is -0.496 e. The zero-order chi connectivity index (χ0) is 19.8. The van der Waals surface area contributed by atoms with Crippen molar-refractivity contribution in [1.29, 1.82) is 5.26 Å². The summed E-state index contributed by atoms with van der Waals surface area (Å²) in [5.41, 5.74) is 6.99. The molecule has 1 aromatic heterocycles. The molecule has 6 heteroatoms. The molecule has 1 aliphatic carbocycles. The number of pyridine rings is 1. The van der Waals surface area contributed by atoms with Crippen molar-refractivity contribution in [3.63, 3.8) is 0 Å². The fraction of sp³-hybridized carbons (Fsp3) is 0.318. The van der Waals surface area contributed by atoms with Crippen LogP contribution in [0.5, 0.6) is 5.75 Å². The monoisotopic (exact) mass is 374 g/mol. The molecule has 0 saturated carbocycles. The van der Waals surface area contributed by atoms with Crippen LogP contribution in [-0.2, 0) is 19.4 Å². The Bertz CT molecular complexity index is 1050. The van der Waals surface area contributed by atoms with Gasteiger partial charge in [-0.15, -0.1) is 0 Å². The van der Waals surface area contributed by atoms with E-state index in [9.17, 15) is 10.1 Å². The molecule has 0 fully saturated rings. The van der Waals surface area contributed by atoms with E-state index < -0.39 is 0 Å². The van der Waals surface area contributed by atoms with Crippen LogP contribution in [0.4, 0.5) is 5.69 Å². The zero-order valence-electron chi connectivity index (χ0n) is 16.3. The van der Waals surface area contributed by atoms with Crippen LogP contribution in [0.15, 0.2) is 24.3 Å². The number of anilines is 1. The summed E-state index contributed by atoms with van der Waals surface area (Å²) < 4.78 is 5.59. The number of fused-ring (bicyclic) bond motifs is 2. The summed E-state index contributed by atoms with van der Waals surface area (Å²) in [6.45, 7) is 3.40. The number of carbonyl (C=O) groups excluding carboxylic acids is 1. The van der Waals surface area contributed by atoms with E-state index >= 15 is 0 Å². The fourth-order valence-electron chi connectivity index (χ4n) is 3.98. The summed E-state index contributed by atoms with van der Waals surface area (Å²) >= 11 is 0. The molecule has 1 aliphatic heterocycles. The molecule has 1 aromatic carbocycles. The van der Waals surface area contributed by atoms with Crippen molar-refractivity contribution in [2.24, 2.45) is 0 Å². The Labute approximate surface area is 164 Å². The molecule has 1 N–H and O–H groups in total. The van der Waals surface area contributed by atoms with Crippen molar-refractivity contribution < 1.29 is 9.53 Å². The molecule has 0 bridgehead atoms. The second-order valence-corrected chi connectivity index (χ2v) is 7.11. The number of carbonyl (C=O) groups is 1. The summed E-state index contributed by atoms with van der Waals surface area (Å²) in [6.07, 6.45) is 3.14. The van der Waals surface area contributed by atoms with Gasteiger partial charge < -0.3 is 15.0 Å². The highest BCUT2D eigenvalue weighted by atomic mass is 16.5. The van der Waals surface area contributed by atoms with Crippen LogP contribution >= 0.6 is 0 Å². The Morgan fingerprint density at radius 1 is 1.36 bits per heavy atom. The highest BCUT2D eigenvalue weighted by Gasteiger charge is 2.27. The van der Waals surface area contributed by atoms with Crippen LogP contribution in [0, 0.1) is 11.3 Å². The summed E-state index contributed by atoms with van der Waals surface area (Å²) in [5.74, 6) is 0.807. The summed E-state index contributed by atoms with van der Waals surface area (Å²) in [7, 11) is 3.45. The van der Waals surface area contributed by atoms with Crippen molar-refractivity contribution in [2.45, 2.75) is 26.3 Å². The molecule has 4 rings (SSSR count). The lowest BCUT2D eigenvalue weighted by atomic mass is 9.99. The van der Waals surface area contributed by atoms with Crippen LogP contribution in [0.25, 0.3) is 5.57 Å². The maximum absolute atomic E-state index is 12.4. The molecule has 2 aromatic rings. The predicted octanol–water partition coefficient (Wildman–Crippen LogP) is 3.16. The van der Waals surface area contributed by atoms with E-state index in [2.05, 4.69) is 11.4 Å². The van der Waals surface area contributed by atoms with Crippen molar-refractivity contribution in [1.82, 2.24) is 9.88 Å². The summed E-state index contributed by atoms with van der Waals surface area (Å²) in [6, 6.07) is 8.15. The Balaban J connectivity index is 1.74. The third-order valence-electron chi connectivity index (χ3n) is 5.27. The number of hydrogen-bond donors (Lipinski definition) is 1. The number of nitrogens with zero attached hydrogens (tertiary/aromatic N) is 3. The van der Waals surface area contributed by atoms with Gasteiger partial charge in [-0.1, -0.05) is 6.08 Å². The Hall–Kier alpha value is -3.33. The number of hydrogen-bond acceptors (Lipinski definition) is 5. The number of amides is 1. The summed E-state index contributed by atoms with van der Waals surface area (Å²) in [4.78, 5) is 18.9. The minimum absolute atomic E-state index is 0.0389. The number of nitrogens with one attached hydrogen (secondary N) is 1. The largest absolute Gasteiger partial charge is 0.496 e. The van der Waals surface area contributed by atoms with Gasteiger partial charge in [0.1, 0.15) is 5.75 Å². The molecule has 0 saturated heterocycles. The van der Waals surface area contributed by atoms with Crippen molar-refractivity contribution >= 4 is 17.2 Å². The van der Waals surface area contributed by atoms with E-state index in [0.29, 0.717) is 25.0 Å². The average Bonchev–Trinajstić information content (AvgIpc) is 3.22. The lowest BCUT2D eigenvalue weighted by Crippen LogP contribution is -2.17. The molecule has 2 aliphatic rings. The number of benzene rings is 1. The molecule has 6 nitrogen and oxygen atoms in total. The quantitative estimate of drug-likeness (QED) is 0.870. The maximum Gasteiger partial charge on any atom is 0.254 e. The topological polar surface area (TPSA) is 78.2 Å². The number of ether oxygens (including phenoxy) is 1. The van der Waals surface area contributed by atoms with E-state index in [0.717, 1.165) is 51.6 Å². The van der Waals surface area contributed by atoms with Crippen LogP contribution in [0.2, 0.25) is 0 Å². The van der Waals surface area contributed by atoms with Gasteiger partial charge in [0, 0.05) is 61.1 Å². The summed E-state index contributed by atoms with van der Waals surface area (Å²) in [5, 5.41) is 12.7. The maximum atomic E-state index is 12.4. The standard InChI is InChI=1S/C22H22N4O2/c1-4-24-19-10-16(25-18-6-5-13(11-23)21(18)19)7-14-8-17-15(9-20(14)28-3)12-26(2)22(17)27/h5,8-10H,4,6-7,12H2,1-3H3,(H,24,25). The second kappa shape index (κ2) is 7.01. The molecule has 0 atom stereocenters. The fourth-order valence-corrected chi connectivity index (χ4v) is 3.98. The molecule has 0 radical (unpaired) electrons. The molecule has 28 heavy (non-hydrogen) atoms. The van der Waals surface area contributed by atoms with Gasteiger partial charge in [-0.25, -0.2) is 0 Å². The van der Waals surface area contributed by atoms with Gasteiger partial charge in [0.2, 0.25) is 0 Å². The van der Waals surface area contributed by atoms with Gasteiger partial charge in [0.05, 0.1) is 24.4 Å². The molecule has 2 heterocycles. The molecule has 0 unspecified atom stereocenters. The normalized spacial score (nSPS) is 14.4. The third kappa shape index (κ3) is 2.89. The van der Waals surface area contributed by atoms with Gasteiger partial charge in [-0.2, -0.15) is 5.26 Å². The number of methoxy groups -OCH3 is 1. The minimum atomic E-state index is 0.0389. The van der Waals surface area contributed by atoms with Crippen LogP contribution in [0.1, 0.15) is 45.4 Å². The lowest BCUT2D eigenvalue weighted by Gasteiger charge is -2.14. The molecular weight excluding hydrogens is 352 g/mol. The first-order valence-corrected chi connectivity index (χ1v) is 9.38. The van der Waals surface area contributed by atoms with Gasteiger partial charge in [0.15, 0.2) is 0 Å². The number of aromatic nitrogens is 1.